The molecule has 8 aromatic rings. The second-order valence-electron chi connectivity index (χ2n) is 17.4. The number of nitrogens with zero attached hydrogens (tertiary/aromatic N) is 5. The molecule has 55 heavy (non-hydrogen) atoms. The largest absolute Gasteiger partial charge is 0.522 e. The molecule has 0 radical (unpaired) electrons. The molecule has 0 aliphatic heterocycles. The van der Waals surface area contributed by atoms with Crippen molar-refractivity contribution in [3.05, 3.63) is 144 Å². The zero-order chi connectivity index (χ0) is 38.2. The Labute approximate surface area is 339 Å². The third kappa shape index (κ3) is 7.13. The van der Waals surface area contributed by atoms with E-state index in [1.165, 1.54) is 16.7 Å². The van der Waals surface area contributed by atoms with Crippen LogP contribution in [0.15, 0.2) is 103 Å². The van der Waals surface area contributed by atoms with E-state index in [0.717, 1.165) is 49.9 Å². The molecule has 0 bridgehead atoms. The molecule has 8 rings (SSSR count). The number of rotatable bonds is 5. The van der Waals surface area contributed by atoms with Crippen molar-refractivity contribution in [2.45, 2.75) is 85.5 Å². The Balaban J connectivity index is 0.00000465. The van der Waals surface area contributed by atoms with Crippen LogP contribution in [-0.2, 0) is 37.3 Å². The number of hydrogen-bond donors (Lipinski definition) is 0. The van der Waals surface area contributed by atoms with Crippen molar-refractivity contribution >= 4 is 32.8 Å². The van der Waals surface area contributed by atoms with E-state index in [4.69, 9.17) is 14.7 Å². The van der Waals surface area contributed by atoms with Crippen molar-refractivity contribution in [3.63, 3.8) is 0 Å². The van der Waals surface area contributed by atoms with Gasteiger partial charge < -0.3 is 9.30 Å². The van der Waals surface area contributed by atoms with Crippen LogP contribution in [0.25, 0.3) is 50.2 Å². The summed E-state index contributed by atoms with van der Waals surface area (Å²) >= 11 is 0. The summed E-state index contributed by atoms with van der Waals surface area (Å²) in [6.07, 6.45) is 7.31. The van der Waals surface area contributed by atoms with Gasteiger partial charge in [0.1, 0.15) is 5.82 Å². The SMILES string of the molecule is Cc1cccc2c1n(-c1[c-]c(Oc3[c-]c4c(cc3)c3ccccc3n4-c3cc(C(C)(C)C)ccn3)ccn1)[c-][n+]2-c1cc(C(C)(C)C)cc(C(C)(C)C)c1.[Pt]. The van der Waals surface area contributed by atoms with Crippen LogP contribution < -0.4 is 9.30 Å². The Kier molecular flexibility index (Phi) is 9.66. The Morgan fingerprint density at radius 3 is 2.02 bits per heavy atom. The van der Waals surface area contributed by atoms with Crippen LogP contribution in [0, 0.1) is 25.4 Å². The first-order valence-electron chi connectivity index (χ1n) is 18.7. The summed E-state index contributed by atoms with van der Waals surface area (Å²) in [4.78, 5) is 9.61. The molecule has 4 heterocycles. The number of fused-ring (bicyclic) bond motifs is 4. The van der Waals surface area contributed by atoms with Crippen molar-refractivity contribution in [1.29, 1.82) is 0 Å². The first-order valence-corrected chi connectivity index (χ1v) is 18.7. The molecule has 7 heteroatoms. The fourth-order valence-corrected chi connectivity index (χ4v) is 7.11. The van der Waals surface area contributed by atoms with E-state index in [1.54, 1.807) is 6.20 Å². The number of pyridine rings is 2. The maximum atomic E-state index is 6.53. The van der Waals surface area contributed by atoms with Crippen molar-refractivity contribution in [2.75, 3.05) is 0 Å². The molecule has 0 atom stereocenters. The third-order valence-electron chi connectivity index (χ3n) is 10.3. The van der Waals surface area contributed by atoms with E-state index in [9.17, 15) is 0 Å². The predicted octanol–water partition coefficient (Wildman–Crippen LogP) is 11.2. The molecule has 282 valence electrons. The number of aryl methyl sites for hydroxylation is 1. The number of imidazole rings is 1. The summed E-state index contributed by atoms with van der Waals surface area (Å²) in [6.45, 7) is 22.4. The van der Waals surface area contributed by atoms with Gasteiger partial charge >= 0.3 is 0 Å². The van der Waals surface area contributed by atoms with Crippen LogP contribution in [0.5, 0.6) is 11.5 Å². The predicted molar refractivity (Wildman–Crippen MR) is 219 cm³/mol. The molecule has 0 unspecified atom stereocenters. The van der Waals surface area contributed by atoms with Gasteiger partial charge in [0.05, 0.1) is 22.5 Å². The molecule has 4 aromatic carbocycles. The molecule has 4 aromatic heterocycles. The summed E-state index contributed by atoms with van der Waals surface area (Å²) in [7, 11) is 0. The van der Waals surface area contributed by atoms with Crippen LogP contribution >= 0.6 is 0 Å². The Hall–Kier alpha value is -5.06. The fraction of sp³-hybridized carbons (Fsp3) is 0.271. The molecule has 0 N–H and O–H groups in total. The van der Waals surface area contributed by atoms with Crippen molar-refractivity contribution in [3.8, 4) is 28.8 Å². The molecular weight excluding hydrogens is 858 g/mol. The molecule has 6 nitrogen and oxygen atoms in total. The van der Waals surface area contributed by atoms with Gasteiger partial charge in [-0.2, -0.15) is 18.2 Å². The standard InChI is InChI=1S/C48H47N5O.Pt/c1-31-14-13-17-41-45(31)52(30-51(41)35-25-33(47(5,6)7)24-34(26-35)48(8,9)10)43-29-37(21-23-49-43)54-36-18-19-39-38-15-11-12-16-40(38)53(42(39)28-36)44-27-32(20-22-50-44)46(2,3)4;/h11-27H,1-10H3;/q-2;. The zero-order valence-electron chi connectivity index (χ0n) is 33.3. The molecular formula is C48H47N5OPt-2. The van der Waals surface area contributed by atoms with Gasteiger partial charge in [-0.3, -0.25) is 14.1 Å². The van der Waals surface area contributed by atoms with E-state index in [1.807, 2.05) is 22.9 Å². The van der Waals surface area contributed by atoms with Crippen molar-refractivity contribution in [1.82, 2.24) is 19.1 Å². The molecule has 0 fully saturated rings. The molecule has 0 spiro atoms. The van der Waals surface area contributed by atoms with Gasteiger partial charge in [-0.1, -0.05) is 116 Å². The summed E-state index contributed by atoms with van der Waals surface area (Å²) in [5.74, 6) is 2.55. The number of ether oxygens (including phenoxy) is 1. The van der Waals surface area contributed by atoms with E-state index in [2.05, 4.69) is 176 Å². The van der Waals surface area contributed by atoms with Gasteiger partial charge in [0.25, 0.3) is 6.33 Å². The van der Waals surface area contributed by atoms with Crippen LogP contribution in [0.1, 0.15) is 84.6 Å². The minimum atomic E-state index is -0.0206. The quantitative estimate of drug-likeness (QED) is 0.128. The number of para-hydroxylation sites is 2. The molecule has 0 amide bonds. The monoisotopic (exact) mass is 904 g/mol. The summed E-state index contributed by atoms with van der Waals surface area (Å²) in [5, 5.41) is 2.22. The average Bonchev–Trinajstić information content (AvgIpc) is 3.68. The summed E-state index contributed by atoms with van der Waals surface area (Å²) in [6, 6.07) is 38.9. The number of aromatic nitrogens is 5. The third-order valence-corrected chi connectivity index (χ3v) is 10.3. The Morgan fingerprint density at radius 1 is 0.636 bits per heavy atom. The van der Waals surface area contributed by atoms with Crippen molar-refractivity contribution in [2.24, 2.45) is 0 Å². The van der Waals surface area contributed by atoms with Crippen LogP contribution in [-0.4, -0.2) is 19.1 Å². The van der Waals surface area contributed by atoms with Crippen molar-refractivity contribution < 1.29 is 30.4 Å². The average molecular weight is 905 g/mol. The van der Waals surface area contributed by atoms with Crippen LogP contribution in [0.4, 0.5) is 0 Å². The molecule has 0 aliphatic carbocycles. The minimum absolute atomic E-state index is 0. The first kappa shape index (κ1) is 38.2. The van der Waals surface area contributed by atoms with Gasteiger partial charge in [-0.05, 0) is 86.9 Å². The van der Waals surface area contributed by atoms with Crippen LogP contribution in [0.2, 0.25) is 0 Å². The molecule has 0 saturated carbocycles. The zero-order valence-corrected chi connectivity index (χ0v) is 35.5. The Morgan fingerprint density at radius 2 is 1.31 bits per heavy atom. The van der Waals surface area contributed by atoms with Gasteiger partial charge in [0, 0.05) is 38.5 Å². The molecule has 0 aliphatic rings. The van der Waals surface area contributed by atoms with Gasteiger partial charge in [-0.15, -0.1) is 17.5 Å². The summed E-state index contributed by atoms with van der Waals surface area (Å²) < 4.78 is 12.9. The minimum Gasteiger partial charge on any atom is -0.522 e. The van der Waals surface area contributed by atoms with E-state index in [-0.39, 0.29) is 37.3 Å². The van der Waals surface area contributed by atoms with Gasteiger partial charge in [0.2, 0.25) is 0 Å². The molecule has 0 saturated heterocycles. The topological polar surface area (TPSA) is 48.8 Å². The second-order valence-corrected chi connectivity index (χ2v) is 17.4. The maximum Gasteiger partial charge on any atom is 0.269 e. The second kappa shape index (κ2) is 13.9. The Bertz CT molecular complexity index is 2690. The van der Waals surface area contributed by atoms with Gasteiger partial charge in [0.15, 0.2) is 0 Å². The number of benzene rings is 4. The summed E-state index contributed by atoms with van der Waals surface area (Å²) in [5.41, 5.74) is 9.92. The number of hydrogen-bond acceptors (Lipinski definition) is 3. The van der Waals surface area contributed by atoms with E-state index < -0.39 is 0 Å². The maximum absolute atomic E-state index is 6.53. The van der Waals surface area contributed by atoms with E-state index >= 15 is 0 Å². The first-order chi connectivity index (χ1) is 25.6. The smallest absolute Gasteiger partial charge is 0.269 e. The van der Waals surface area contributed by atoms with E-state index in [0.29, 0.717) is 17.3 Å². The van der Waals surface area contributed by atoms with Gasteiger partial charge in [-0.25, -0.2) is 4.98 Å². The van der Waals surface area contributed by atoms with Crippen LogP contribution in [0.3, 0.4) is 0 Å². The fourth-order valence-electron chi connectivity index (χ4n) is 7.11. The normalized spacial score (nSPS) is 12.4.